The number of nitrogens with zero attached hydrogens (tertiary/aromatic N) is 4. The van der Waals surface area contributed by atoms with E-state index in [0.29, 0.717) is 36.9 Å². The average molecular weight is 702 g/mol. The Morgan fingerprint density at radius 3 is 2.25 bits per heavy atom. The summed E-state index contributed by atoms with van der Waals surface area (Å²) in [5.41, 5.74) is 2.06. The number of hydrogen-bond donors (Lipinski definition) is 1. The molecule has 3 amide bonds. The van der Waals surface area contributed by atoms with Crippen molar-refractivity contribution in [3.05, 3.63) is 95.9 Å². The molecule has 2 heterocycles. The van der Waals surface area contributed by atoms with E-state index in [1.165, 1.54) is 11.1 Å². The summed E-state index contributed by atoms with van der Waals surface area (Å²) in [6, 6.07) is 5.21. The Hall–Kier alpha value is -3.87. The number of hydrogen-bond acceptors (Lipinski definition) is 7. The van der Waals surface area contributed by atoms with E-state index in [-0.39, 0.29) is 31.8 Å². The van der Waals surface area contributed by atoms with Crippen LogP contribution in [0.3, 0.4) is 0 Å². The summed E-state index contributed by atoms with van der Waals surface area (Å²) >= 11 is 6.11. The predicted octanol–water partition coefficient (Wildman–Crippen LogP) is 4.50. The number of sulfonamides is 1. The van der Waals surface area contributed by atoms with Crippen molar-refractivity contribution in [3.8, 4) is 0 Å². The highest BCUT2D eigenvalue weighted by Crippen LogP contribution is 2.28. The summed E-state index contributed by atoms with van der Waals surface area (Å²) in [7, 11) is -3.55. The van der Waals surface area contributed by atoms with Gasteiger partial charge in [0.25, 0.3) is 0 Å². The third-order valence-electron chi connectivity index (χ3n) is 7.98. The number of benzene rings is 1. The number of halogens is 1. The molecule has 0 saturated carbocycles. The molecule has 11 nitrogen and oxygen atoms in total. The highest BCUT2D eigenvalue weighted by atomic mass is 35.5. The first-order valence-corrected chi connectivity index (χ1v) is 18.0. The molecule has 0 aromatic heterocycles. The first kappa shape index (κ1) is 38.6. The molecule has 0 aliphatic carbocycles. The standard InChI is InChI=1S/C35H48ClN5O6S/c1-9-12-28-22-31(40(24-27(28)10-2)34(44)47-35(5,6)7)32(42)37-30(21-26-13-15-29(36)16-14-26)33(43)39-19-17-38(18-20-39)23-25(4)41(11-3)48(8,45)46/h9-16,30-31H,2-4,17-24H2,1,5-8H3,(H,37,42)/b12-9-. The Morgan fingerprint density at radius 2 is 1.73 bits per heavy atom. The van der Waals surface area contributed by atoms with Crippen molar-refractivity contribution >= 4 is 39.5 Å². The SMILES string of the molecule is C=CC1=C(/C=C\C)CC(C(=O)NC(Cc2ccc(Cl)cc2)C(=O)N2CCN(CC(=C)N(C=C)S(C)(=O)=O)CC2)N(C(=O)OC(C)(C)C)C1. The normalized spacial score (nSPS) is 18.3. The van der Waals surface area contributed by atoms with E-state index in [2.05, 4.69) is 25.1 Å². The third-order valence-corrected chi connectivity index (χ3v) is 9.35. The molecule has 262 valence electrons. The molecule has 1 aromatic rings. The Bertz CT molecular complexity index is 1560. The largest absolute Gasteiger partial charge is 0.444 e. The minimum absolute atomic E-state index is 0.127. The number of carbonyl (C=O) groups is 3. The van der Waals surface area contributed by atoms with Gasteiger partial charge in [-0.1, -0.05) is 61.7 Å². The summed E-state index contributed by atoms with van der Waals surface area (Å²) in [6.07, 6.45) is 7.54. The van der Waals surface area contributed by atoms with E-state index in [0.717, 1.165) is 27.3 Å². The lowest BCUT2D eigenvalue weighted by Crippen LogP contribution is -2.59. The van der Waals surface area contributed by atoms with Crippen molar-refractivity contribution in [2.45, 2.75) is 58.2 Å². The van der Waals surface area contributed by atoms with E-state index in [1.807, 2.05) is 36.1 Å². The fraction of sp³-hybridized carbons (Fsp3) is 0.457. The van der Waals surface area contributed by atoms with E-state index in [9.17, 15) is 22.8 Å². The highest BCUT2D eigenvalue weighted by molar-refractivity contribution is 7.88. The van der Waals surface area contributed by atoms with E-state index in [4.69, 9.17) is 16.3 Å². The monoisotopic (exact) mass is 701 g/mol. The molecule has 3 rings (SSSR count). The van der Waals surface area contributed by atoms with Gasteiger partial charge in [0.1, 0.15) is 17.7 Å². The summed E-state index contributed by atoms with van der Waals surface area (Å²) < 4.78 is 30.9. The molecule has 0 radical (unpaired) electrons. The van der Waals surface area contributed by atoms with Gasteiger partial charge in [-0.3, -0.25) is 19.4 Å². The van der Waals surface area contributed by atoms with E-state index < -0.39 is 39.7 Å². The minimum Gasteiger partial charge on any atom is -0.444 e. The molecule has 2 atom stereocenters. The molecule has 2 aliphatic rings. The number of amides is 3. The van der Waals surface area contributed by atoms with Crippen LogP contribution in [-0.2, 0) is 30.8 Å². The first-order valence-electron chi connectivity index (χ1n) is 15.8. The Labute approximate surface area is 290 Å². The summed E-state index contributed by atoms with van der Waals surface area (Å²) in [6.45, 7) is 20.6. The molecule has 1 aromatic carbocycles. The van der Waals surface area contributed by atoms with Crippen LogP contribution in [0.2, 0.25) is 5.02 Å². The van der Waals surface area contributed by atoms with Crippen molar-refractivity contribution in [1.82, 2.24) is 24.3 Å². The Morgan fingerprint density at radius 1 is 1.10 bits per heavy atom. The second-order valence-corrected chi connectivity index (χ2v) is 15.2. The molecule has 1 N–H and O–H groups in total. The van der Waals surface area contributed by atoms with Gasteiger partial charge >= 0.3 is 6.09 Å². The molecule has 2 unspecified atom stereocenters. The molecular weight excluding hydrogens is 654 g/mol. The Balaban J connectivity index is 1.84. The van der Waals surface area contributed by atoms with Crippen molar-refractivity contribution in [1.29, 1.82) is 0 Å². The van der Waals surface area contributed by atoms with Gasteiger partial charge in [-0.2, -0.15) is 0 Å². The molecule has 0 spiro atoms. The number of rotatable bonds is 12. The average Bonchev–Trinajstić information content (AvgIpc) is 3.00. The summed E-state index contributed by atoms with van der Waals surface area (Å²) in [5, 5.41) is 3.52. The maximum absolute atomic E-state index is 14.1. The van der Waals surface area contributed by atoms with Gasteiger partial charge in [-0.25, -0.2) is 17.5 Å². The lowest BCUT2D eigenvalue weighted by Gasteiger charge is -2.39. The summed E-state index contributed by atoms with van der Waals surface area (Å²) in [4.78, 5) is 46.7. The topological polar surface area (TPSA) is 120 Å². The second kappa shape index (κ2) is 16.5. The van der Waals surface area contributed by atoms with Crippen molar-refractivity contribution in [2.24, 2.45) is 0 Å². The lowest BCUT2D eigenvalue weighted by atomic mass is 9.92. The molecule has 0 bridgehead atoms. The zero-order valence-corrected chi connectivity index (χ0v) is 30.1. The number of piperazine rings is 1. The van der Waals surface area contributed by atoms with Crippen LogP contribution >= 0.6 is 11.6 Å². The van der Waals surface area contributed by atoms with E-state index >= 15 is 0 Å². The smallest absolute Gasteiger partial charge is 0.411 e. The van der Waals surface area contributed by atoms with Crippen LogP contribution in [0.25, 0.3) is 0 Å². The zero-order chi connectivity index (χ0) is 35.8. The lowest BCUT2D eigenvalue weighted by molar-refractivity contribution is -0.139. The zero-order valence-electron chi connectivity index (χ0n) is 28.6. The molecular formula is C35H48ClN5O6S. The number of nitrogens with one attached hydrogen (secondary N) is 1. The van der Waals surface area contributed by atoms with Crippen LogP contribution < -0.4 is 5.32 Å². The van der Waals surface area contributed by atoms with Gasteiger partial charge in [0.15, 0.2) is 0 Å². The second-order valence-electron chi connectivity index (χ2n) is 12.9. The third kappa shape index (κ3) is 10.6. The number of carbonyl (C=O) groups excluding carboxylic acids is 3. The molecule has 2 aliphatic heterocycles. The van der Waals surface area contributed by atoms with Crippen molar-refractivity contribution in [2.75, 3.05) is 45.5 Å². The van der Waals surface area contributed by atoms with Gasteiger partial charge in [-0.15, -0.1) is 0 Å². The maximum Gasteiger partial charge on any atom is 0.411 e. The van der Waals surface area contributed by atoms with Gasteiger partial charge in [0.05, 0.1) is 12.8 Å². The van der Waals surface area contributed by atoms with Crippen LogP contribution in [0.1, 0.15) is 39.7 Å². The van der Waals surface area contributed by atoms with Crippen LogP contribution in [0.5, 0.6) is 0 Å². The first-order chi connectivity index (χ1) is 22.5. The Kier molecular flexibility index (Phi) is 13.3. The maximum atomic E-state index is 14.1. The van der Waals surface area contributed by atoms with Gasteiger partial charge in [-0.05, 0) is 56.5 Å². The number of ether oxygens (including phenoxy) is 1. The molecule has 1 fully saturated rings. The minimum atomic E-state index is -3.55. The van der Waals surface area contributed by atoms with Crippen LogP contribution in [0, 0.1) is 0 Å². The van der Waals surface area contributed by atoms with Gasteiger partial charge in [0, 0.05) is 62.5 Å². The highest BCUT2D eigenvalue weighted by Gasteiger charge is 2.39. The molecule has 13 heteroatoms. The fourth-order valence-corrected chi connectivity index (χ4v) is 6.58. The van der Waals surface area contributed by atoms with Crippen LogP contribution in [0.4, 0.5) is 4.79 Å². The quantitative estimate of drug-likeness (QED) is 0.341. The van der Waals surface area contributed by atoms with Crippen molar-refractivity contribution in [3.63, 3.8) is 0 Å². The summed E-state index contributed by atoms with van der Waals surface area (Å²) in [5.74, 6) is -0.741. The predicted molar refractivity (Wildman–Crippen MR) is 190 cm³/mol. The van der Waals surface area contributed by atoms with Crippen LogP contribution in [0.15, 0.2) is 85.3 Å². The van der Waals surface area contributed by atoms with Gasteiger partial charge < -0.3 is 15.0 Å². The number of allylic oxidation sites excluding steroid dienone is 2. The van der Waals surface area contributed by atoms with Crippen molar-refractivity contribution < 1.29 is 27.5 Å². The van der Waals surface area contributed by atoms with E-state index in [1.54, 1.807) is 43.9 Å². The van der Waals surface area contributed by atoms with Gasteiger partial charge in [0.2, 0.25) is 21.8 Å². The molecule has 1 saturated heterocycles. The fourth-order valence-electron chi connectivity index (χ4n) is 5.66. The molecule has 48 heavy (non-hydrogen) atoms. The van der Waals surface area contributed by atoms with Crippen LogP contribution in [-0.4, -0.2) is 109 Å².